The molecule has 4 nitrogen and oxygen atoms in total. The minimum absolute atomic E-state index is 0.160. The molecule has 0 aromatic heterocycles. The van der Waals surface area contributed by atoms with Gasteiger partial charge in [-0.2, -0.15) is 0 Å². The third kappa shape index (κ3) is 4.91. The van der Waals surface area contributed by atoms with Crippen LogP contribution in [-0.4, -0.2) is 29.4 Å². The molecule has 1 N–H and O–H groups in total. The molecule has 5 rings (SSSR count). The van der Waals surface area contributed by atoms with Crippen LogP contribution in [0.15, 0.2) is 63.2 Å². The summed E-state index contributed by atoms with van der Waals surface area (Å²) in [5.74, 6) is 8.03. The van der Waals surface area contributed by atoms with Crippen molar-refractivity contribution in [2.75, 3.05) is 0 Å². The topological polar surface area (TPSA) is 62.0 Å². The minimum Gasteiger partial charge on any atom is -0.377 e. The second-order valence-corrected chi connectivity index (χ2v) is 13.1. The largest absolute Gasteiger partial charge is 0.377 e. The van der Waals surface area contributed by atoms with Crippen molar-refractivity contribution in [3.05, 3.63) is 64.4 Å². The van der Waals surface area contributed by atoms with Crippen LogP contribution in [0, 0.1) is 34.5 Å². The van der Waals surface area contributed by atoms with E-state index in [0.717, 1.165) is 49.8 Å². The molecular weight excluding hydrogens is 480 g/mol. The van der Waals surface area contributed by atoms with Crippen molar-refractivity contribution in [3.63, 3.8) is 0 Å². The van der Waals surface area contributed by atoms with Crippen molar-refractivity contribution in [2.24, 2.45) is 32.7 Å². The molecule has 0 saturated heterocycles. The normalized spacial score (nSPS) is 32.7. The summed E-state index contributed by atoms with van der Waals surface area (Å²) in [6.45, 7) is 14.2. The Morgan fingerprint density at radius 1 is 1.15 bits per heavy atom. The van der Waals surface area contributed by atoms with E-state index in [2.05, 4.69) is 80.5 Å². The summed E-state index contributed by atoms with van der Waals surface area (Å²) in [5.41, 5.74) is 5.71. The highest BCUT2D eigenvalue weighted by Crippen LogP contribution is 2.66. The third-order valence-electron chi connectivity index (χ3n) is 9.66. The zero-order valence-corrected chi connectivity index (χ0v) is 24.2. The number of hydrogen-bond acceptors (Lipinski definition) is 4. The zero-order chi connectivity index (χ0) is 28.0. The summed E-state index contributed by atoms with van der Waals surface area (Å²) >= 11 is 0. The summed E-state index contributed by atoms with van der Waals surface area (Å²) in [7, 11) is 0. The van der Waals surface area contributed by atoms with Gasteiger partial charge < -0.3 is 5.11 Å². The van der Waals surface area contributed by atoms with Crippen LogP contribution in [0.25, 0.3) is 5.70 Å². The first-order valence-corrected chi connectivity index (χ1v) is 14.5. The number of aliphatic hydroxyl groups is 1. The van der Waals surface area contributed by atoms with E-state index in [1.807, 2.05) is 13.0 Å². The number of allylic oxidation sites excluding steroid dienone is 4. The Morgan fingerprint density at radius 3 is 2.56 bits per heavy atom. The Bertz CT molecular complexity index is 1360. The highest BCUT2D eigenvalue weighted by atomic mass is 16.3. The van der Waals surface area contributed by atoms with Crippen molar-refractivity contribution in [1.82, 2.24) is 0 Å². The quantitative estimate of drug-likeness (QED) is 0.330. The molecule has 2 saturated carbocycles. The number of aliphatic imine (C=N–C) groups is 2. The molecule has 0 heterocycles. The molecule has 4 aliphatic rings. The van der Waals surface area contributed by atoms with E-state index in [4.69, 9.17) is 0 Å². The number of nitrogens with zero attached hydrogens (tertiary/aromatic N) is 2. The van der Waals surface area contributed by atoms with E-state index < -0.39 is 5.60 Å². The lowest BCUT2D eigenvalue weighted by Crippen LogP contribution is -2.51. The molecule has 0 radical (unpaired) electrons. The Balaban J connectivity index is 1.63. The molecule has 0 unspecified atom stereocenters. The van der Waals surface area contributed by atoms with Gasteiger partial charge in [-0.1, -0.05) is 48.6 Å². The summed E-state index contributed by atoms with van der Waals surface area (Å²) in [4.78, 5) is 20.7. The monoisotopic (exact) mass is 522 g/mol. The molecule has 2 fully saturated rings. The van der Waals surface area contributed by atoms with Gasteiger partial charge in [0.1, 0.15) is 5.60 Å². The van der Waals surface area contributed by atoms with Gasteiger partial charge in [0.15, 0.2) is 5.78 Å². The average molecular weight is 523 g/mol. The van der Waals surface area contributed by atoms with Crippen molar-refractivity contribution in [3.8, 4) is 11.8 Å². The van der Waals surface area contributed by atoms with E-state index in [9.17, 15) is 9.90 Å². The van der Waals surface area contributed by atoms with Gasteiger partial charge in [-0.3, -0.25) is 14.8 Å². The van der Waals surface area contributed by atoms with Crippen molar-refractivity contribution >= 4 is 24.4 Å². The molecule has 4 aliphatic carbocycles. The molecule has 0 amide bonds. The molecule has 1 aromatic carbocycles. The predicted molar refractivity (Wildman–Crippen MR) is 161 cm³/mol. The molecule has 0 spiro atoms. The molecule has 39 heavy (non-hydrogen) atoms. The van der Waals surface area contributed by atoms with Crippen LogP contribution in [0.5, 0.6) is 0 Å². The fraction of sp³-hybridized carbons (Fsp3) is 0.514. The van der Waals surface area contributed by atoms with Crippen LogP contribution in [0.1, 0.15) is 96.6 Å². The van der Waals surface area contributed by atoms with Crippen LogP contribution in [0.3, 0.4) is 0 Å². The molecule has 0 aliphatic heterocycles. The van der Waals surface area contributed by atoms with Crippen LogP contribution in [-0.2, 0) is 4.79 Å². The third-order valence-corrected chi connectivity index (χ3v) is 9.66. The lowest BCUT2D eigenvalue weighted by Gasteiger charge is -2.53. The molecule has 1 aromatic rings. The van der Waals surface area contributed by atoms with Gasteiger partial charge >= 0.3 is 0 Å². The molecule has 204 valence electrons. The van der Waals surface area contributed by atoms with Crippen molar-refractivity contribution < 1.29 is 9.90 Å². The van der Waals surface area contributed by atoms with E-state index in [-0.39, 0.29) is 22.5 Å². The Hall–Kier alpha value is -3.03. The molecular formula is C35H42N2O2. The van der Waals surface area contributed by atoms with E-state index in [1.165, 1.54) is 22.3 Å². The van der Waals surface area contributed by atoms with Crippen LogP contribution < -0.4 is 0 Å². The Morgan fingerprint density at radius 2 is 1.90 bits per heavy atom. The lowest BCUT2D eigenvalue weighted by molar-refractivity contribution is -0.114. The predicted octanol–water partition coefficient (Wildman–Crippen LogP) is 7.46. The van der Waals surface area contributed by atoms with Crippen LogP contribution in [0.2, 0.25) is 0 Å². The van der Waals surface area contributed by atoms with Crippen molar-refractivity contribution in [1.29, 1.82) is 0 Å². The zero-order valence-electron chi connectivity index (χ0n) is 24.2. The standard InChI is InChI=1S/C35H42N2O2/c1-7-37-22-31(36-6)24-10-8-23(9-11-24)29-21-34(5)30(16-17-35(34,39)19-18-33(2,3)4)28-14-12-25-20-26(38)13-15-27(25)32(28)29/h7-11,20,22,28-30,39H,6,12-17,21H2,1-5H3/b31-22-,37-7?/t28-,29+,30-,34-,35+/m0/s1. The highest BCUT2D eigenvalue weighted by molar-refractivity contribution is 5.93. The summed E-state index contributed by atoms with van der Waals surface area (Å²) in [6.07, 6.45) is 11.4. The van der Waals surface area contributed by atoms with Crippen LogP contribution >= 0.6 is 0 Å². The van der Waals surface area contributed by atoms with Gasteiger partial charge in [0.2, 0.25) is 0 Å². The highest BCUT2D eigenvalue weighted by Gasteiger charge is 2.62. The first-order chi connectivity index (χ1) is 18.5. The lowest BCUT2D eigenvalue weighted by atomic mass is 9.51. The minimum atomic E-state index is -1.00. The van der Waals surface area contributed by atoms with Crippen LogP contribution in [0.4, 0.5) is 0 Å². The molecule has 0 bridgehead atoms. The Labute approximate surface area is 234 Å². The number of rotatable bonds is 4. The van der Waals surface area contributed by atoms with Gasteiger partial charge in [-0.25, -0.2) is 0 Å². The Kier molecular flexibility index (Phi) is 7.18. The number of hydrogen-bond donors (Lipinski definition) is 1. The summed E-state index contributed by atoms with van der Waals surface area (Å²) in [6, 6.07) is 8.65. The number of fused-ring (bicyclic) bond motifs is 4. The maximum atomic E-state index is 12.3. The van der Waals surface area contributed by atoms with Crippen molar-refractivity contribution in [2.45, 2.75) is 91.1 Å². The molecule has 5 atom stereocenters. The van der Waals surface area contributed by atoms with Gasteiger partial charge in [-0.05, 0) is 108 Å². The fourth-order valence-corrected chi connectivity index (χ4v) is 7.70. The number of ketones is 1. The van der Waals surface area contributed by atoms with E-state index in [0.29, 0.717) is 18.3 Å². The smallest absolute Gasteiger partial charge is 0.156 e. The molecule has 4 heteroatoms. The van der Waals surface area contributed by atoms with Gasteiger partial charge in [0.05, 0.1) is 11.9 Å². The van der Waals surface area contributed by atoms with Gasteiger partial charge in [0, 0.05) is 34.9 Å². The summed E-state index contributed by atoms with van der Waals surface area (Å²) < 4.78 is 0. The number of benzene rings is 1. The SMILES string of the molecule is C=N/C(=C\N=CC)c1ccc([C@H]2C[C@@]3(C)[C@@H](CC[C@@]3(O)C#CC(C)(C)C)[C@@H]3CCC4=CC(=O)CCC4=C32)cc1. The van der Waals surface area contributed by atoms with Gasteiger partial charge in [0.25, 0.3) is 0 Å². The second-order valence-electron chi connectivity index (χ2n) is 13.1. The summed E-state index contributed by atoms with van der Waals surface area (Å²) in [5, 5.41) is 12.2. The van der Waals surface area contributed by atoms with Gasteiger partial charge in [-0.15, -0.1) is 0 Å². The number of carbonyl (C=O) groups is 1. The first-order valence-electron chi connectivity index (χ1n) is 14.5. The fourth-order valence-electron chi connectivity index (χ4n) is 7.70. The average Bonchev–Trinajstić information content (AvgIpc) is 3.17. The van der Waals surface area contributed by atoms with E-state index >= 15 is 0 Å². The second kappa shape index (κ2) is 10.2. The maximum Gasteiger partial charge on any atom is 0.156 e. The van der Waals surface area contributed by atoms with E-state index in [1.54, 1.807) is 12.4 Å². The number of carbonyl (C=O) groups excluding carboxylic acids is 1. The first kappa shape index (κ1) is 27.5. The maximum absolute atomic E-state index is 12.3.